The van der Waals surface area contributed by atoms with Gasteiger partial charge in [0.15, 0.2) is 0 Å². The van der Waals surface area contributed by atoms with Gasteiger partial charge >= 0.3 is 23.9 Å². The molecule has 534 valence electrons. The van der Waals surface area contributed by atoms with Gasteiger partial charge in [-0.05, 0) is 233 Å². The van der Waals surface area contributed by atoms with Crippen LogP contribution in [0.2, 0.25) is 0 Å². The van der Waals surface area contributed by atoms with Crippen molar-refractivity contribution in [1.82, 2.24) is 0 Å². The lowest BCUT2D eigenvalue weighted by Crippen LogP contribution is -2.14. The number of carbonyl (C=O) groups is 4. The molecule has 0 heterocycles. The minimum Gasteiger partial charge on any atom is -0.469 e. The molecule has 6 aliphatic carbocycles. The Hall–Kier alpha value is -2.12. The third-order valence-electron chi connectivity index (χ3n) is 27.6. The molecule has 0 aromatic carbocycles. The second-order valence-electron chi connectivity index (χ2n) is 34.9. The zero-order valence-corrected chi connectivity index (χ0v) is 62.5. The van der Waals surface area contributed by atoms with E-state index in [0.717, 1.165) is 119 Å². The average Bonchev–Trinajstić information content (AvgIpc) is 1.83. The number of carbonyl (C=O) groups excluding carboxylic acids is 4. The van der Waals surface area contributed by atoms with Crippen molar-refractivity contribution in [2.45, 2.75) is 351 Å². The van der Waals surface area contributed by atoms with Crippen LogP contribution < -0.4 is 0 Å². The van der Waals surface area contributed by atoms with Crippen molar-refractivity contribution in [2.24, 2.45) is 130 Å². The smallest absolute Gasteiger partial charge is 0.305 e. The Morgan fingerprint density at radius 1 is 0.326 bits per heavy atom. The number of rotatable bonds is 47. The lowest BCUT2D eigenvalue weighted by Gasteiger charge is -2.26. The van der Waals surface area contributed by atoms with Gasteiger partial charge in [-0.3, -0.25) is 19.2 Å². The predicted octanol–water partition coefficient (Wildman–Crippen LogP) is 23.4. The number of methoxy groups -OCH3 is 3. The molecule has 0 aromatic rings. The molecule has 8 nitrogen and oxygen atoms in total. The second-order valence-corrected chi connectivity index (χ2v) is 34.9. The van der Waals surface area contributed by atoms with Crippen LogP contribution in [0.3, 0.4) is 0 Å². The molecular formula is C84H150O8. The fourth-order valence-electron chi connectivity index (χ4n) is 20.8. The normalized spacial score (nSPS) is 29.9. The van der Waals surface area contributed by atoms with Crippen LogP contribution in [-0.4, -0.2) is 51.8 Å². The standard InChI is InChI=1S/C84H150O8/c1-59(19-13-23-63(5)74-41-37-70(51-74)29-15-21-61(3)49-82(86)89-10)31-34-69(28-18-26-66(8)77-46-48-81(57-77)79-44-40-73(54-79)58-92-67(9)85)36-35-68(27-17-25-64(6)75-42-38-71(52-75)30-16-22-62(4)50-83(87)90-11)33-32-60(2)20-14-24-65(7)76-45-47-80(56-76)78-43-39-72(53-78)55-84(88)91-12/h59-66,68-81H,13-58H2,1-12H3/t59-,60-,61+,62+,63+,64+,65+,66+,68-,69-,70-,71-,72-,73-,74-,75-,76-,77-,78?,79?,80-,81-/m0/s1. The van der Waals surface area contributed by atoms with E-state index in [1.165, 1.54) is 271 Å². The first kappa shape index (κ1) is 78.9. The van der Waals surface area contributed by atoms with E-state index in [-0.39, 0.29) is 23.9 Å². The van der Waals surface area contributed by atoms with Crippen molar-refractivity contribution in [3.8, 4) is 0 Å². The molecule has 6 saturated carbocycles. The van der Waals surface area contributed by atoms with Crippen molar-refractivity contribution in [1.29, 1.82) is 0 Å². The Balaban J connectivity index is 1.00. The molecule has 0 bridgehead atoms. The molecule has 8 heteroatoms. The summed E-state index contributed by atoms with van der Waals surface area (Å²) in [5.74, 6) is 17.2. The first-order valence-corrected chi connectivity index (χ1v) is 40.6. The summed E-state index contributed by atoms with van der Waals surface area (Å²) in [6.07, 6.45) is 59.4. The zero-order valence-electron chi connectivity index (χ0n) is 62.5. The minimum atomic E-state index is -0.122. The summed E-state index contributed by atoms with van der Waals surface area (Å²) in [7, 11) is 4.57. The van der Waals surface area contributed by atoms with Gasteiger partial charge in [-0.25, -0.2) is 0 Å². The van der Waals surface area contributed by atoms with Crippen molar-refractivity contribution < 1.29 is 38.1 Å². The maximum absolute atomic E-state index is 12.0. The molecule has 0 saturated heterocycles. The van der Waals surface area contributed by atoms with Crippen LogP contribution in [-0.2, 0) is 38.1 Å². The lowest BCUT2D eigenvalue weighted by atomic mass is 9.79. The average molecular weight is 1290 g/mol. The van der Waals surface area contributed by atoms with E-state index >= 15 is 0 Å². The number of esters is 4. The summed E-state index contributed by atoms with van der Waals surface area (Å²) in [4.78, 5) is 47.3. The van der Waals surface area contributed by atoms with E-state index in [2.05, 4.69) is 55.4 Å². The molecule has 2 unspecified atom stereocenters. The number of hydrogen-bond acceptors (Lipinski definition) is 8. The summed E-state index contributed by atoms with van der Waals surface area (Å²) < 4.78 is 20.4. The van der Waals surface area contributed by atoms with Gasteiger partial charge in [0, 0.05) is 26.2 Å². The monoisotopic (exact) mass is 1290 g/mol. The minimum absolute atomic E-state index is 0.0160. The van der Waals surface area contributed by atoms with Crippen LogP contribution in [0.4, 0.5) is 0 Å². The number of ether oxygens (including phenoxy) is 4. The molecule has 0 amide bonds. The molecule has 92 heavy (non-hydrogen) atoms. The summed E-state index contributed by atoms with van der Waals surface area (Å²) in [6, 6.07) is 0. The third-order valence-corrected chi connectivity index (χ3v) is 27.6. The highest BCUT2D eigenvalue weighted by atomic mass is 16.5. The molecule has 0 N–H and O–H groups in total. The summed E-state index contributed by atoms with van der Waals surface area (Å²) in [5, 5.41) is 0. The first-order valence-electron chi connectivity index (χ1n) is 40.6. The van der Waals surface area contributed by atoms with Gasteiger partial charge in [-0.1, -0.05) is 222 Å². The maximum Gasteiger partial charge on any atom is 0.305 e. The topological polar surface area (TPSA) is 105 Å². The van der Waals surface area contributed by atoms with Crippen molar-refractivity contribution >= 4 is 23.9 Å². The van der Waals surface area contributed by atoms with Crippen LogP contribution in [0.15, 0.2) is 0 Å². The Labute approximate surface area is 568 Å². The Morgan fingerprint density at radius 3 is 1.09 bits per heavy atom. The first-order chi connectivity index (χ1) is 44.3. The van der Waals surface area contributed by atoms with Gasteiger partial charge in [-0.2, -0.15) is 0 Å². The molecule has 0 spiro atoms. The van der Waals surface area contributed by atoms with Crippen LogP contribution in [0.5, 0.6) is 0 Å². The van der Waals surface area contributed by atoms with Crippen LogP contribution in [0.1, 0.15) is 351 Å². The van der Waals surface area contributed by atoms with Crippen LogP contribution in [0.25, 0.3) is 0 Å². The Morgan fingerprint density at radius 2 is 0.663 bits per heavy atom. The van der Waals surface area contributed by atoms with Crippen LogP contribution in [0, 0.1) is 130 Å². The van der Waals surface area contributed by atoms with Gasteiger partial charge in [0.1, 0.15) is 0 Å². The molecule has 0 aliphatic heterocycles. The van der Waals surface area contributed by atoms with E-state index in [9.17, 15) is 19.2 Å². The van der Waals surface area contributed by atoms with E-state index < -0.39 is 0 Å². The van der Waals surface area contributed by atoms with Crippen molar-refractivity contribution in [3.05, 3.63) is 0 Å². The Bertz CT molecular complexity index is 2020. The molecular weight excluding hydrogens is 1140 g/mol. The summed E-state index contributed by atoms with van der Waals surface area (Å²) >= 11 is 0. The fourth-order valence-corrected chi connectivity index (χ4v) is 20.8. The van der Waals surface area contributed by atoms with E-state index in [1.807, 2.05) is 0 Å². The number of hydrogen-bond donors (Lipinski definition) is 0. The van der Waals surface area contributed by atoms with Crippen LogP contribution >= 0.6 is 0 Å². The van der Waals surface area contributed by atoms with Crippen molar-refractivity contribution in [2.75, 3.05) is 27.9 Å². The molecule has 0 radical (unpaired) electrons. The van der Waals surface area contributed by atoms with Gasteiger partial charge in [-0.15, -0.1) is 0 Å². The molecule has 6 rings (SSSR count). The SMILES string of the molecule is COC(=O)C[C@H](C)CCC[C@H]1CC[C@H]([C@H](C)CCC[C@H](C)CC[C@H](CCC[C@@H](C)[C@H]2CC[C@H](C3CC[C@H](COC(C)=O)C3)C2)CC[C@@H](CCC[C@@H](C)[C@H]2CC[C@H](CCC[C@@H](C)CC(=O)OC)C2)CC[C@@H](C)CCC[C@@H](C)[C@H]2CC[C@H](C3CC[C@H](CC(=O)OC)C3)C2)C1. The van der Waals surface area contributed by atoms with Gasteiger partial charge < -0.3 is 18.9 Å². The highest BCUT2D eigenvalue weighted by molar-refractivity contribution is 5.70. The van der Waals surface area contributed by atoms with Gasteiger partial charge in [0.05, 0.1) is 27.9 Å². The highest BCUT2D eigenvalue weighted by Gasteiger charge is 2.40. The molecule has 6 aliphatic rings. The quantitative estimate of drug-likeness (QED) is 0.0438. The molecule has 0 aromatic heterocycles. The summed E-state index contributed by atoms with van der Waals surface area (Å²) in [5.41, 5.74) is 0. The zero-order chi connectivity index (χ0) is 66.4. The maximum atomic E-state index is 12.0. The summed E-state index contributed by atoms with van der Waals surface area (Å²) in [6.45, 7) is 22.2. The fraction of sp³-hybridized carbons (Fsp3) is 0.952. The Kier molecular flexibility index (Phi) is 37.1. The molecule has 22 atom stereocenters. The predicted molar refractivity (Wildman–Crippen MR) is 383 cm³/mol. The van der Waals surface area contributed by atoms with Gasteiger partial charge in [0.2, 0.25) is 0 Å². The lowest BCUT2D eigenvalue weighted by molar-refractivity contribution is -0.143. The second kappa shape index (κ2) is 43.3. The van der Waals surface area contributed by atoms with Gasteiger partial charge in [0.25, 0.3) is 0 Å². The van der Waals surface area contributed by atoms with E-state index in [4.69, 9.17) is 18.9 Å². The third kappa shape index (κ3) is 29.5. The molecule has 6 fully saturated rings. The van der Waals surface area contributed by atoms with E-state index in [0.29, 0.717) is 49.5 Å². The largest absolute Gasteiger partial charge is 0.469 e. The van der Waals surface area contributed by atoms with E-state index in [1.54, 1.807) is 14.0 Å². The highest BCUT2D eigenvalue weighted by Crippen LogP contribution is 2.50. The van der Waals surface area contributed by atoms with Crippen molar-refractivity contribution in [3.63, 3.8) is 0 Å².